The average molecular weight is 474 g/mol. The van der Waals surface area contributed by atoms with E-state index in [-0.39, 0.29) is 23.7 Å². The van der Waals surface area contributed by atoms with Gasteiger partial charge in [0.2, 0.25) is 5.91 Å². The Morgan fingerprint density at radius 3 is 2.53 bits per heavy atom. The van der Waals surface area contributed by atoms with Crippen LogP contribution in [0.3, 0.4) is 0 Å². The minimum Gasteiger partial charge on any atom is -0.321 e. The molecule has 1 aromatic heterocycles. The third-order valence-electron chi connectivity index (χ3n) is 6.05. The molecule has 0 bridgehead atoms. The third kappa shape index (κ3) is 3.90. The summed E-state index contributed by atoms with van der Waals surface area (Å²) in [7, 11) is 0. The maximum Gasteiger partial charge on any atom is 0.258 e. The SMILES string of the molecule is CCC(=O)N1N=C(c2c(-c3ccccc3)c3cc(Cl)ccc3[nH]c2=O)CC1c1ccc(F)cc1. The highest BCUT2D eigenvalue weighted by Gasteiger charge is 2.34. The molecule has 0 spiro atoms. The highest BCUT2D eigenvalue weighted by molar-refractivity contribution is 6.31. The number of halogens is 2. The van der Waals surface area contributed by atoms with Crippen molar-refractivity contribution in [2.24, 2.45) is 5.10 Å². The van der Waals surface area contributed by atoms with Crippen LogP contribution >= 0.6 is 11.6 Å². The van der Waals surface area contributed by atoms with Crippen molar-refractivity contribution in [1.82, 2.24) is 9.99 Å². The van der Waals surface area contributed by atoms with Crippen molar-refractivity contribution in [2.45, 2.75) is 25.8 Å². The zero-order valence-electron chi connectivity index (χ0n) is 18.4. The maximum atomic E-state index is 13.5. The number of aromatic nitrogens is 1. The van der Waals surface area contributed by atoms with Gasteiger partial charge in [0.25, 0.3) is 5.56 Å². The van der Waals surface area contributed by atoms with E-state index < -0.39 is 6.04 Å². The molecule has 0 aliphatic carbocycles. The van der Waals surface area contributed by atoms with Crippen LogP contribution in [0.15, 0.2) is 82.7 Å². The van der Waals surface area contributed by atoms with Gasteiger partial charge in [0, 0.05) is 34.3 Å². The fourth-order valence-corrected chi connectivity index (χ4v) is 4.62. The Bertz CT molecular complexity index is 1480. The molecule has 0 fully saturated rings. The fraction of sp³-hybridized carbons (Fsp3) is 0.148. The monoisotopic (exact) mass is 473 g/mol. The second-order valence-electron chi connectivity index (χ2n) is 8.17. The number of fused-ring (bicyclic) bond motifs is 1. The molecule has 4 aromatic rings. The lowest BCUT2D eigenvalue weighted by Gasteiger charge is -2.21. The second-order valence-corrected chi connectivity index (χ2v) is 8.61. The number of benzene rings is 3. The number of carbonyl (C=O) groups excluding carboxylic acids is 1. The minimum atomic E-state index is -0.430. The molecule has 7 heteroatoms. The van der Waals surface area contributed by atoms with Crippen molar-refractivity contribution in [2.75, 3.05) is 0 Å². The maximum absolute atomic E-state index is 13.5. The highest BCUT2D eigenvalue weighted by atomic mass is 35.5. The first-order chi connectivity index (χ1) is 16.5. The number of aromatic amines is 1. The largest absolute Gasteiger partial charge is 0.321 e. The van der Waals surface area contributed by atoms with Crippen LogP contribution in [0.1, 0.15) is 36.9 Å². The van der Waals surface area contributed by atoms with Gasteiger partial charge in [-0.2, -0.15) is 5.10 Å². The van der Waals surface area contributed by atoms with Crippen molar-refractivity contribution >= 4 is 34.1 Å². The molecule has 1 N–H and O–H groups in total. The third-order valence-corrected chi connectivity index (χ3v) is 6.29. The number of pyridine rings is 1. The molecule has 1 unspecified atom stereocenters. The van der Waals surface area contributed by atoms with Gasteiger partial charge in [0.05, 0.1) is 17.3 Å². The van der Waals surface area contributed by atoms with Crippen LogP contribution in [-0.4, -0.2) is 21.6 Å². The van der Waals surface area contributed by atoms with E-state index in [1.165, 1.54) is 17.1 Å². The van der Waals surface area contributed by atoms with Gasteiger partial charge in [-0.05, 0) is 41.5 Å². The van der Waals surface area contributed by atoms with Crippen LogP contribution in [0.5, 0.6) is 0 Å². The quantitative estimate of drug-likeness (QED) is 0.390. The van der Waals surface area contributed by atoms with E-state index in [9.17, 15) is 14.0 Å². The average Bonchev–Trinajstić information content (AvgIpc) is 3.29. The lowest BCUT2D eigenvalue weighted by molar-refractivity contribution is -0.132. The molecule has 3 aromatic carbocycles. The molecular weight excluding hydrogens is 453 g/mol. The van der Waals surface area contributed by atoms with Crippen molar-refractivity contribution < 1.29 is 9.18 Å². The predicted octanol–water partition coefficient (Wildman–Crippen LogP) is 6.08. The number of H-pyrrole nitrogens is 1. The van der Waals surface area contributed by atoms with Crippen LogP contribution in [-0.2, 0) is 4.79 Å². The summed E-state index contributed by atoms with van der Waals surface area (Å²) in [4.78, 5) is 29.1. The zero-order valence-corrected chi connectivity index (χ0v) is 19.1. The number of nitrogens with zero attached hydrogens (tertiary/aromatic N) is 2. The Kier molecular flexibility index (Phi) is 5.75. The summed E-state index contributed by atoms with van der Waals surface area (Å²) in [6.07, 6.45) is 0.579. The van der Waals surface area contributed by atoms with Crippen LogP contribution < -0.4 is 5.56 Å². The van der Waals surface area contributed by atoms with Gasteiger partial charge in [0.15, 0.2) is 0 Å². The molecule has 1 atom stereocenters. The number of carbonyl (C=O) groups is 1. The lowest BCUT2D eigenvalue weighted by atomic mass is 9.91. The Hall–Kier alpha value is -3.77. The molecule has 5 nitrogen and oxygen atoms in total. The summed E-state index contributed by atoms with van der Waals surface area (Å²) >= 11 is 6.32. The van der Waals surface area contributed by atoms with Crippen molar-refractivity contribution in [3.05, 3.63) is 105 Å². The van der Waals surface area contributed by atoms with Crippen molar-refractivity contribution in [3.63, 3.8) is 0 Å². The molecule has 0 saturated carbocycles. The van der Waals surface area contributed by atoms with Gasteiger partial charge < -0.3 is 4.98 Å². The lowest BCUT2D eigenvalue weighted by Crippen LogP contribution is -2.26. The predicted molar refractivity (Wildman–Crippen MR) is 132 cm³/mol. The molecule has 0 saturated heterocycles. The van der Waals surface area contributed by atoms with Gasteiger partial charge in [-0.25, -0.2) is 9.40 Å². The van der Waals surface area contributed by atoms with E-state index >= 15 is 0 Å². The molecule has 1 aliphatic heterocycles. The number of rotatable bonds is 4. The first kappa shape index (κ1) is 22.0. The van der Waals surface area contributed by atoms with Gasteiger partial charge >= 0.3 is 0 Å². The Morgan fingerprint density at radius 2 is 1.82 bits per heavy atom. The van der Waals surface area contributed by atoms with E-state index in [2.05, 4.69) is 10.1 Å². The molecule has 34 heavy (non-hydrogen) atoms. The van der Waals surface area contributed by atoms with Crippen LogP contribution in [0, 0.1) is 5.82 Å². The highest BCUT2D eigenvalue weighted by Crippen LogP contribution is 2.37. The van der Waals surface area contributed by atoms with E-state index in [4.69, 9.17) is 11.6 Å². The molecule has 1 aliphatic rings. The second kappa shape index (κ2) is 8.88. The summed E-state index contributed by atoms with van der Waals surface area (Å²) in [6, 6.07) is 20.5. The molecule has 1 amide bonds. The molecule has 0 radical (unpaired) electrons. The summed E-state index contributed by atoms with van der Waals surface area (Å²) in [6.45, 7) is 1.76. The topological polar surface area (TPSA) is 65.5 Å². The zero-order chi connectivity index (χ0) is 23.8. The van der Waals surface area contributed by atoms with E-state index in [1.807, 2.05) is 36.4 Å². The number of nitrogens with one attached hydrogen (secondary N) is 1. The first-order valence-corrected chi connectivity index (χ1v) is 11.4. The standard InChI is InChI=1S/C27H21ClFN3O2/c1-2-24(33)32-23(16-8-11-19(29)12-9-16)15-22(31-32)26-25(17-6-4-3-5-7-17)20-14-18(28)10-13-21(20)30-27(26)34/h3-14,23H,2,15H2,1H3,(H,30,34). The number of hydrazone groups is 1. The van der Waals surface area contributed by atoms with Gasteiger partial charge in [-0.15, -0.1) is 0 Å². The number of hydrogen-bond donors (Lipinski definition) is 1. The van der Waals surface area contributed by atoms with E-state index in [0.29, 0.717) is 33.8 Å². The number of amides is 1. The van der Waals surface area contributed by atoms with Gasteiger partial charge in [-0.3, -0.25) is 9.59 Å². The minimum absolute atomic E-state index is 0.175. The number of hydrogen-bond acceptors (Lipinski definition) is 3. The van der Waals surface area contributed by atoms with Crippen molar-refractivity contribution in [3.8, 4) is 11.1 Å². The Labute approximate surface area is 200 Å². The normalized spacial score (nSPS) is 15.6. The smallest absolute Gasteiger partial charge is 0.258 e. The van der Waals surface area contributed by atoms with Crippen LogP contribution in [0.25, 0.3) is 22.0 Å². The summed E-state index contributed by atoms with van der Waals surface area (Å²) < 4.78 is 13.5. The van der Waals surface area contributed by atoms with E-state index in [0.717, 1.165) is 16.5 Å². The van der Waals surface area contributed by atoms with Gasteiger partial charge in [0.1, 0.15) is 5.82 Å². The molecule has 170 valence electrons. The Morgan fingerprint density at radius 1 is 1.09 bits per heavy atom. The van der Waals surface area contributed by atoms with Crippen LogP contribution in [0.4, 0.5) is 4.39 Å². The Balaban J connectivity index is 1.74. The fourth-order valence-electron chi connectivity index (χ4n) is 4.44. The van der Waals surface area contributed by atoms with Crippen LogP contribution in [0.2, 0.25) is 5.02 Å². The van der Waals surface area contributed by atoms with Crippen molar-refractivity contribution in [1.29, 1.82) is 0 Å². The van der Waals surface area contributed by atoms with E-state index in [1.54, 1.807) is 31.2 Å². The van der Waals surface area contributed by atoms with Gasteiger partial charge in [-0.1, -0.05) is 61.0 Å². The molecular formula is C27H21ClFN3O2. The first-order valence-electron chi connectivity index (χ1n) is 11.0. The summed E-state index contributed by atoms with van der Waals surface area (Å²) in [5, 5.41) is 7.39. The molecule has 2 heterocycles. The molecule has 5 rings (SSSR count). The summed E-state index contributed by atoms with van der Waals surface area (Å²) in [5.74, 6) is -0.531. The summed E-state index contributed by atoms with van der Waals surface area (Å²) in [5.41, 5.74) is 3.57.